The SMILES string of the molecule is Cc1cc(C)c(-c2c3ccccc3c([N+](=O)[O-])c3ccccc23)c(C)c1. The van der Waals surface area contributed by atoms with E-state index >= 15 is 0 Å². The fourth-order valence-electron chi connectivity index (χ4n) is 4.15. The minimum atomic E-state index is -0.261. The van der Waals surface area contributed by atoms with Gasteiger partial charge in [0.15, 0.2) is 0 Å². The molecule has 3 nitrogen and oxygen atoms in total. The summed E-state index contributed by atoms with van der Waals surface area (Å²) in [5.74, 6) is 0. The lowest BCUT2D eigenvalue weighted by atomic mass is 9.86. The van der Waals surface area contributed by atoms with Gasteiger partial charge in [0, 0.05) is 0 Å². The Labute approximate surface area is 152 Å². The number of benzene rings is 4. The van der Waals surface area contributed by atoms with Crippen LogP contribution in [0.15, 0.2) is 60.7 Å². The van der Waals surface area contributed by atoms with Gasteiger partial charge in [0.25, 0.3) is 5.69 Å². The quantitative estimate of drug-likeness (QED) is 0.237. The second kappa shape index (κ2) is 5.95. The summed E-state index contributed by atoms with van der Waals surface area (Å²) in [5.41, 5.74) is 6.02. The molecule has 4 rings (SSSR count). The van der Waals surface area contributed by atoms with Crippen molar-refractivity contribution in [3.63, 3.8) is 0 Å². The Kier molecular flexibility index (Phi) is 3.73. The lowest BCUT2D eigenvalue weighted by Gasteiger charge is -2.17. The molecule has 128 valence electrons. The molecule has 0 radical (unpaired) electrons. The molecule has 0 amide bonds. The number of hydrogen-bond donors (Lipinski definition) is 0. The predicted octanol–water partition coefficient (Wildman–Crippen LogP) is 6.49. The summed E-state index contributed by atoms with van der Waals surface area (Å²) < 4.78 is 0. The maximum atomic E-state index is 11.9. The van der Waals surface area contributed by atoms with E-state index in [1.807, 2.05) is 48.5 Å². The molecular formula is C23H19NO2. The smallest absolute Gasteiger partial charge is 0.258 e. The van der Waals surface area contributed by atoms with E-state index < -0.39 is 0 Å². The Bertz CT molecular complexity index is 1110. The predicted molar refractivity (Wildman–Crippen MR) is 108 cm³/mol. The highest BCUT2D eigenvalue weighted by molar-refractivity contribution is 6.19. The lowest BCUT2D eigenvalue weighted by Crippen LogP contribution is -1.97. The summed E-state index contributed by atoms with van der Waals surface area (Å²) in [6, 6.07) is 19.6. The second-order valence-electron chi connectivity index (χ2n) is 6.85. The van der Waals surface area contributed by atoms with Crippen LogP contribution in [-0.2, 0) is 0 Å². The van der Waals surface area contributed by atoms with Gasteiger partial charge >= 0.3 is 0 Å². The van der Waals surface area contributed by atoms with E-state index in [0.717, 1.165) is 21.9 Å². The maximum absolute atomic E-state index is 11.9. The molecule has 3 heteroatoms. The molecule has 0 aliphatic carbocycles. The van der Waals surface area contributed by atoms with Crippen molar-refractivity contribution >= 4 is 27.2 Å². The zero-order valence-corrected chi connectivity index (χ0v) is 15.0. The number of rotatable bonds is 2. The number of nitro groups is 1. The van der Waals surface area contributed by atoms with Crippen LogP contribution in [0.1, 0.15) is 16.7 Å². The molecule has 0 aliphatic heterocycles. The van der Waals surface area contributed by atoms with Crippen molar-refractivity contribution in [3.05, 3.63) is 87.5 Å². The fraction of sp³-hybridized carbons (Fsp3) is 0.130. The molecular weight excluding hydrogens is 322 g/mol. The van der Waals surface area contributed by atoms with Gasteiger partial charge in [-0.05, 0) is 65.9 Å². The molecule has 26 heavy (non-hydrogen) atoms. The van der Waals surface area contributed by atoms with Gasteiger partial charge in [0.1, 0.15) is 0 Å². The first-order chi connectivity index (χ1) is 12.5. The van der Waals surface area contributed by atoms with Crippen LogP contribution >= 0.6 is 0 Å². The monoisotopic (exact) mass is 341 g/mol. The van der Waals surface area contributed by atoms with E-state index in [1.54, 1.807) is 0 Å². The van der Waals surface area contributed by atoms with E-state index in [2.05, 4.69) is 32.9 Å². The highest BCUT2D eigenvalue weighted by Crippen LogP contribution is 2.44. The van der Waals surface area contributed by atoms with Crippen molar-refractivity contribution < 1.29 is 4.92 Å². The summed E-state index contributed by atoms with van der Waals surface area (Å²) >= 11 is 0. The normalized spacial score (nSPS) is 11.2. The first-order valence-electron chi connectivity index (χ1n) is 8.65. The number of nitrogens with zero attached hydrogens (tertiary/aromatic N) is 1. The van der Waals surface area contributed by atoms with Gasteiger partial charge in [-0.2, -0.15) is 0 Å². The lowest BCUT2D eigenvalue weighted by molar-refractivity contribution is -0.381. The number of fused-ring (bicyclic) bond motifs is 2. The third-order valence-electron chi connectivity index (χ3n) is 5.01. The molecule has 0 fully saturated rings. The summed E-state index contributed by atoms with van der Waals surface area (Å²) in [5, 5.41) is 15.1. The van der Waals surface area contributed by atoms with Crippen molar-refractivity contribution in [1.82, 2.24) is 0 Å². The number of hydrogen-bond acceptors (Lipinski definition) is 2. The molecule has 0 unspecified atom stereocenters. The number of nitro benzene ring substituents is 1. The Morgan fingerprint density at radius 1 is 0.692 bits per heavy atom. The van der Waals surface area contributed by atoms with Gasteiger partial charge in [-0.3, -0.25) is 10.1 Å². The molecule has 0 heterocycles. The van der Waals surface area contributed by atoms with Crippen molar-refractivity contribution in [2.75, 3.05) is 0 Å². The third kappa shape index (κ3) is 2.36. The Hall–Kier alpha value is -3.20. The highest BCUT2D eigenvalue weighted by Gasteiger charge is 2.23. The molecule has 4 aromatic rings. The van der Waals surface area contributed by atoms with Gasteiger partial charge in [-0.1, -0.05) is 54.1 Å². The second-order valence-corrected chi connectivity index (χ2v) is 6.85. The van der Waals surface area contributed by atoms with Gasteiger partial charge in [0.2, 0.25) is 0 Å². The molecule has 0 spiro atoms. The topological polar surface area (TPSA) is 43.1 Å². The molecule has 0 N–H and O–H groups in total. The molecule has 0 atom stereocenters. The van der Waals surface area contributed by atoms with Gasteiger partial charge in [-0.15, -0.1) is 0 Å². The average Bonchev–Trinajstić information content (AvgIpc) is 2.60. The Morgan fingerprint density at radius 2 is 1.12 bits per heavy atom. The molecule has 0 aromatic heterocycles. The number of non-ortho nitro benzene ring substituents is 1. The Morgan fingerprint density at radius 3 is 1.54 bits per heavy atom. The first kappa shape index (κ1) is 16.3. The van der Waals surface area contributed by atoms with Crippen molar-refractivity contribution in [2.24, 2.45) is 0 Å². The van der Waals surface area contributed by atoms with Crippen LogP contribution in [0.4, 0.5) is 5.69 Å². The molecule has 0 bridgehead atoms. The van der Waals surface area contributed by atoms with Crippen molar-refractivity contribution in [1.29, 1.82) is 0 Å². The maximum Gasteiger partial charge on any atom is 0.284 e. The van der Waals surface area contributed by atoms with Crippen LogP contribution in [0.3, 0.4) is 0 Å². The van der Waals surface area contributed by atoms with Crippen LogP contribution in [0.2, 0.25) is 0 Å². The average molecular weight is 341 g/mol. The largest absolute Gasteiger partial charge is 0.284 e. The van der Waals surface area contributed by atoms with Crippen LogP contribution in [0.5, 0.6) is 0 Å². The van der Waals surface area contributed by atoms with Gasteiger partial charge < -0.3 is 0 Å². The first-order valence-corrected chi connectivity index (χ1v) is 8.65. The van der Waals surface area contributed by atoms with Crippen LogP contribution in [0, 0.1) is 30.9 Å². The zero-order valence-electron chi connectivity index (χ0n) is 15.0. The molecule has 0 saturated heterocycles. The van der Waals surface area contributed by atoms with Crippen LogP contribution < -0.4 is 0 Å². The number of aryl methyl sites for hydroxylation is 3. The highest BCUT2D eigenvalue weighted by atomic mass is 16.6. The minimum absolute atomic E-state index is 0.183. The third-order valence-corrected chi connectivity index (χ3v) is 5.01. The van der Waals surface area contributed by atoms with E-state index in [9.17, 15) is 10.1 Å². The summed E-state index contributed by atoms with van der Waals surface area (Å²) in [4.78, 5) is 11.6. The van der Waals surface area contributed by atoms with Crippen LogP contribution in [0.25, 0.3) is 32.7 Å². The van der Waals surface area contributed by atoms with E-state index in [1.165, 1.54) is 16.7 Å². The minimum Gasteiger partial charge on any atom is -0.258 e. The molecule has 0 aliphatic rings. The summed E-state index contributed by atoms with van der Waals surface area (Å²) in [6.45, 7) is 6.32. The molecule has 4 aromatic carbocycles. The van der Waals surface area contributed by atoms with E-state index in [4.69, 9.17) is 0 Å². The Balaban J connectivity index is 2.31. The fourth-order valence-corrected chi connectivity index (χ4v) is 4.15. The summed E-state index contributed by atoms with van der Waals surface area (Å²) in [6.07, 6.45) is 0. The zero-order chi connectivity index (χ0) is 18.4. The summed E-state index contributed by atoms with van der Waals surface area (Å²) in [7, 11) is 0. The van der Waals surface area contributed by atoms with Gasteiger partial charge in [-0.25, -0.2) is 0 Å². The van der Waals surface area contributed by atoms with Crippen molar-refractivity contribution in [2.45, 2.75) is 20.8 Å². The van der Waals surface area contributed by atoms with E-state index in [0.29, 0.717) is 10.8 Å². The molecule has 0 saturated carbocycles. The van der Waals surface area contributed by atoms with Crippen molar-refractivity contribution in [3.8, 4) is 11.1 Å². The van der Waals surface area contributed by atoms with Crippen LogP contribution in [-0.4, -0.2) is 4.92 Å². The van der Waals surface area contributed by atoms with E-state index in [-0.39, 0.29) is 10.6 Å². The van der Waals surface area contributed by atoms with Gasteiger partial charge in [0.05, 0.1) is 15.7 Å². The standard InChI is InChI=1S/C23H19NO2/c1-14-12-15(2)21(16(3)13-14)22-17-8-4-6-10-19(17)23(24(25)26)20-11-7-5-9-18(20)22/h4-13H,1-3H3.